The number of amides is 2. The number of hydrogen-bond donors (Lipinski definition) is 2. The molecule has 9 heteroatoms. The molecular formula is C27H39N5O3S. The maximum atomic E-state index is 13.3. The summed E-state index contributed by atoms with van der Waals surface area (Å²) in [6.07, 6.45) is 3.98. The second kappa shape index (κ2) is 9.58. The molecule has 36 heavy (non-hydrogen) atoms. The molecule has 0 bridgehead atoms. The van der Waals surface area contributed by atoms with Crippen molar-refractivity contribution in [2.24, 2.45) is 30.2 Å². The summed E-state index contributed by atoms with van der Waals surface area (Å²) in [6.45, 7) is 9.78. The summed E-state index contributed by atoms with van der Waals surface area (Å²) >= 11 is 1.56. The summed E-state index contributed by atoms with van der Waals surface area (Å²) in [6, 6.07) is 3.64. The average Bonchev–Trinajstić information content (AvgIpc) is 3.44. The Bertz CT molecular complexity index is 1140. The zero-order chi connectivity index (χ0) is 25.8. The molecule has 2 aromatic heterocycles. The zero-order valence-electron chi connectivity index (χ0n) is 22.0. The van der Waals surface area contributed by atoms with Gasteiger partial charge in [0.15, 0.2) is 5.13 Å². The number of fused-ring (bicyclic) bond motifs is 2. The van der Waals surface area contributed by atoms with E-state index in [1.54, 1.807) is 22.0 Å². The number of anilines is 1. The van der Waals surface area contributed by atoms with Gasteiger partial charge in [-0.3, -0.25) is 14.9 Å². The Morgan fingerprint density at radius 2 is 1.97 bits per heavy atom. The standard InChI is InChI=1S/C27H39N5O3S/c1-16(25(35)32-13-11-30(4)12-14-32)18-8-9-27(3)15-20-22(17(2)21(27)23(18)33)28-26(36-20)29-24(34)19-7-6-10-31(19)5/h6-7,10,16-18,21,23,33H,8-9,11-15H2,1-5H3,(H,28,29,34)/t16-,17-,18-,21+,23-,27-/m0/s1. The van der Waals surface area contributed by atoms with Crippen molar-refractivity contribution in [1.82, 2.24) is 19.4 Å². The van der Waals surface area contributed by atoms with Crippen LogP contribution >= 0.6 is 11.3 Å². The number of carbonyl (C=O) groups is 2. The van der Waals surface area contributed by atoms with Gasteiger partial charge in [0.05, 0.1) is 11.8 Å². The van der Waals surface area contributed by atoms with Crippen molar-refractivity contribution in [2.75, 3.05) is 38.5 Å². The van der Waals surface area contributed by atoms with E-state index in [1.165, 1.54) is 4.88 Å². The number of aromatic nitrogens is 2. The van der Waals surface area contributed by atoms with Crippen LogP contribution in [0.2, 0.25) is 0 Å². The smallest absolute Gasteiger partial charge is 0.274 e. The molecule has 8 nitrogen and oxygen atoms in total. The number of aliphatic hydroxyl groups excluding tert-OH is 1. The molecule has 0 spiro atoms. The van der Waals surface area contributed by atoms with Crippen molar-refractivity contribution < 1.29 is 14.7 Å². The predicted octanol–water partition coefficient (Wildman–Crippen LogP) is 3.20. The van der Waals surface area contributed by atoms with Gasteiger partial charge in [0.1, 0.15) is 5.69 Å². The van der Waals surface area contributed by atoms with Crippen LogP contribution in [0.3, 0.4) is 0 Å². The van der Waals surface area contributed by atoms with Gasteiger partial charge in [-0.2, -0.15) is 0 Å². The van der Waals surface area contributed by atoms with E-state index in [4.69, 9.17) is 4.98 Å². The topological polar surface area (TPSA) is 90.7 Å². The molecule has 2 aromatic rings. The molecule has 2 N–H and O–H groups in total. The van der Waals surface area contributed by atoms with Crippen LogP contribution in [0, 0.1) is 23.2 Å². The van der Waals surface area contributed by atoms with Crippen LogP contribution in [-0.2, 0) is 18.3 Å². The summed E-state index contributed by atoms with van der Waals surface area (Å²) < 4.78 is 1.79. The van der Waals surface area contributed by atoms with Gasteiger partial charge in [-0.25, -0.2) is 4.98 Å². The summed E-state index contributed by atoms with van der Waals surface area (Å²) in [5.41, 5.74) is 1.53. The molecule has 2 amide bonds. The Morgan fingerprint density at radius 3 is 2.64 bits per heavy atom. The summed E-state index contributed by atoms with van der Waals surface area (Å²) in [5, 5.41) is 15.3. The highest BCUT2D eigenvalue weighted by Crippen LogP contribution is 2.57. The Labute approximate surface area is 217 Å². The van der Waals surface area contributed by atoms with Gasteiger partial charge in [0.2, 0.25) is 5.91 Å². The molecule has 0 aromatic carbocycles. The first-order valence-corrected chi connectivity index (χ1v) is 14.0. The van der Waals surface area contributed by atoms with E-state index < -0.39 is 6.10 Å². The monoisotopic (exact) mass is 513 g/mol. The lowest BCUT2D eigenvalue weighted by molar-refractivity contribution is -0.146. The first-order valence-electron chi connectivity index (χ1n) is 13.2. The van der Waals surface area contributed by atoms with E-state index >= 15 is 0 Å². The number of nitrogens with one attached hydrogen (secondary N) is 1. The van der Waals surface area contributed by atoms with Crippen LogP contribution in [0.4, 0.5) is 5.13 Å². The fourth-order valence-electron chi connectivity index (χ4n) is 6.96. The minimum atomic E-state index is -0.554. The molecule has 1 saturated heterocycles. The fourth-order valence-corrected chi connectivity index (χ4v) is 8.22. The maximum Gasteiger partial charge on any atom is 0.274 e. The largest absolute Gasteiger partial charge is 0.392 e. The molecule has 1 saturated carbocycles. The fraction of sp³-hybridized carbons (Fsp3) is 0.667. The Hall–Kier alpha value is -2.23. The number of nitrogens with zero attached hydrogens (tertiary/aromatic N) is 4. The second-order valence-corrected chi connectivity index (χ2v) is 12.6. The van der Waals surface area contributed by atoms with E-state index in [0.29, 0.717) is 10.8 Å². The summed E-state index contributed by atoms with van der Waals surface area (Å²) in [5.74, 6) is -0.142. The number of hydrogen-bond acceptors (Lipinski definition) is 6. The van der Waals surface area contributed by atoms with E-state index in [-0.39, 0.29) is 40.9 Å². The van der Waals surface area contributed by atoms with Crippen molar-refractivity contribution in [2.45, 2.75) is 52.1 Å². The molecule has 0 radical (unpaired) electrons. The average molecular weight is 514 g/mol. The van der Waals surface area contributed by atoms with Crippen molar-refractivity contribution in [3.05, 3.63) is 34.6 Å². The molecule has 0 unspecified atom stereocenters. The van der Waals surface area contributed by atoms with Gasteiger partial charge < -0.3 is 19.5 Å². The van der Waals surface area contributed by atoms with Crippen LogP contribution in [0.15, 0.2) is 18.3 Å². The molecule has 5 rings (SSSR count). The molecular weight excluding hydrogens is 474 g/mol. The number of rotatable bonds is 4. The normalized spacial score (nSPS) is 31.4. The van der Waals surface area contributed by atoms with Gasteiger partial charge in [-0.15, -0.1) is 11.3 Å². The second-order valence-electron chi connectivity index (χ2n) is 11.5. The zero-order valence-corrected chi connectivity index (χ0v) is 22.8. The maximum absolute atomic E-state index is 13.3. The van der Waals surface area contributed by atoms with E-state index in [2.05, 4.69) is 31.1 Å². The third-order valence-electron chi connectivity index (χ3n) is 9.17. The quantitative estimate of drug-likeness (QED) is 0.655. The summed E-state index contributed by atoms with van der Waals surface area (Å²) in [7, 11) is 3.94. The molecule has 196 valence electrons. The van der Waals surface area contributed by atoms with Gasteiger partial charge in [-0.1, -0.05) is 20.8 Å². The van der Waals surface area contributed by atoms with Gasteiger partial charge in [-0.05, 0) is 55.7 Å². The van der Waals surface area contributed by atoms with Crippen molar-refractivity contribution in [3.63, 3.8) is 0 Å². The first-order chi connectivity index (χ1) is 17.1. The number of thiazole rings is 1. The molecule has 1 aliphatic heterocycles. The first kappa shape index (κ1) is 25.4. The van der Waals surface area contributed by atoms with Crippen molar-refractivity contribution >= 4 is 28.3 Å². The molecule has 6 atom stereocenters. The number of aryl methyl sites for hydroxylation is 1. The minimum absolute atomic E-state index is 0.0324. The molecule has 2 aliphatic carbocycles. The highest BCUT2D eigenvalue weighted by Gasteiger charge is 2.54. The predicted molar refractivity (Wildman–Crippen MR) is 141 cm³/mol. The lowest BCUT2D eigenvalue weighted by atomic mass is 9.53. The Balaban J connectivity index is 1.33. The number of carbonyl (C=O) groups excluding carboxylic acids is 2. The van der Waals surface area contributed by atoms with Crippen LogP contribution in [0.25, 0.3) is 0 Å². The van der Waals surface area contributed by atoms with Gasteiger partial charge >= 0.3 is 0 Å². The van der Waals surface area contributed by atoms with Crippen LogP contribution in [0.1, 0.15) is 60.6 Å². The lowest BCUT2D eigenvalue weighted by Crippen LogP contribution is -2.55. The number of likely N-dealkylation sites (N-methyl/N-ethyl adjacent to an activating group) is 1. The molecule has 3 heterocycles. The number of aliphatic hydroxyl groups is 1. The van der Waals surface area contributed by atoms with Gasteiger partial charge in [0.25, 0.3) is 5.91 Å². The van der Waals surface area contributed by atoms with Crippen molar-refractivity contribution in [3.8, 4) is 0 Å². The highest BCUT2D eigenvalue weighted by atomic mass is 32.1. The lowest BCUT2D eigenvalue weighted by Gasteiger charge is -2.53. The van der Waals surface area contributed by atoms with Gasteiger partial charge in [0, 0.05) is 56.1 Å². The highest BCUT2D eigenvalue weighted by molar-refractivity contribution is 7.15. The van der Waals surface area contributed by atoms with E-state index in [0.717, 1.165) is 51.1 Å². The van der Waals surface area contributed by atoms with Crippen molar-refractivity contribution in [1.29, 1.82) is 0 Å². The molecule has 3 aliphatic rings. The Morgan fingerprint density at radius 1 is 1.25 bits per heavy atom. The molecule has 2 fully saturated rings. The summed E-state index contributed by atoms with van der Waals surface area (Å²) in [4.78, 5) is 36.4. The Kier molecular flexibility index (Phi) is 6.76. The van der Waals surface area contributed by atoms with Crippen LogP contribution in [-0.4, -0.2) is 75.6 Å². The van der Waals surface area contributed by atoms with Crippen LogP contribution < -0.4 is 5.32 Å². The third kappa shape index (κ3) is 4.39. The minimum Gasteiger partial charge on any atom is -0.392 e. The van der Waals surface area contributed by atoms with Crippen LogP contribution in [0.5, 0.6) is 0 Å². The van der Waals surface area contributed by atoms with E-state index in [1.807, 2.05) is 31.1 Å². The number of piperazine rings is 1. The SMILES string of the molecule is C[C@H](C(=O)N1CCN(C)CC1)[C@@H]1CC[C@@]2(C)Cc3sc(NC(=O)c4cccn4C)nc3[C@@H](C)[C@@H]2[C@H]1O. The third-order valence-corrected chi connectivity index (χ3v) is 10.2. The van der Waals surface area contributed by atoms with E-state index in [9.17, 15) is 14.7 Å².